The largest absolute Gasteiger partial charge is 0.495 e. The number of amides is 1. The third kappa shape index (κ3) is 6.50. The first-order valence-electron chi connectivity index (χ1n) is 14.1. The lowest BCUT2D eigenvalue weighted by atomic mass is 10.1. The van der Waals surface area contributed by atoms with E-state index in [4.69, 9.17) is 32.7 Å². The molecule has 0 aliphatic carbocycles. The molecule has 1 aromatic heterocycles. The van der Waals surface area contributed by atoms with E-state index >= 15 is 0 Å². The highest BCUT2D eigenvalue weighted by Crippen LogP contribution is 2.35. The van der Waals surface area contributed by atoms with E-state index in [0.717, 1.165) is 54.1 Å². The smallest absolute Gasteiger partial charge is 0.262 e. The van der Waals surface area contributed by atoms with Gasteiger partial charge in [0.25, 0.3) is 5.91 Å². The number of rotatable bonds is 8. The predicted molar refractivity (Wildman–Crippen MR) is 176 cm³/mol. The van der Waals surface area contributed by atoms with Crippen LogP contribution in [0.5, 0.6) is 17.4 Å². The van der Waals surface area contributed by atoms with Crippen LogP contribution in [-0.2, 0) is 0 Å². The fraction of sp³-hybridized carbons (Fsp3) is 0.182. The van der Waals surface area contributed by atoms with Gasteiger partial charge >= 0.3 is 0 Å². The van der Waals surface area contributed by atoms with Crippen LogP contribution in [0.3, 0.4) is 0 Å². The number of para-hydroxylation sites is 1. The number of nitrogens with zero attached hydrogens (tertiary/aromatic N) is 4. The number of fused-ring (bicyclic) bond motifs is 1. The fourth-order valence-corrected chi connectivity index (χ4v) is 5.49. The highest BCUT2D eigenvalue weighted by atomic mass is 35.5. The number of likely N-dealkylation sites (N-methyl/N-ethyl adjacent to an activating group) is 1. The zero-order valence-electron chi connectivity index (χ0n) is 24.2. The maximum absolute atomic E-state index is 13.5. The number of ether oxygens (including phenoxy) is 2. The van der Waals surface area contributed by atoms with Crippen molar-refractivity contribution < 1.29 is 14.3 Å². The second-order valence-corrected chi connectivity index (χ2v) is 11.2. The molecule has 6 rings (SSSR count). The number of benzene rings is 4. The molecule has 0 bridgehead atoms. The van der Waals surface area contributed by atoms with Crippen LogP contribution in [0.1, 0.15) is 10.4 Å². The molecule has 0 spiro atoms. The molecule has 11 heteroatoms. The molecule has 1 fully saturated rings. The van der Waals surface area contributed by atoms with Gasteiger partial charge in [-0.3, -0.25) is 4.79 Å². The summed E-state index contributed by atoms with van der Waals surface area (Å²) in [6, 6.07) is 24.4. The summed E-state index contributed by atoms with van der Waals surface area (Å²) in [5.74, 6) is 1.01. The Morgan fingerprint density at radius 3 is 2.39 bits per heavy atom. The lowest BCUT2D eigenvalue weighted by Crippen LogP contribution is -2.44. The van der Waals surface area contributed by atoms with E-state index in [1.807, 2.05) is 60.7 Å². The van der Waals surface area contributed by atoms with Crippen molar-refractivity contribution in [2.24, 2.45) is 0 Å². The van der Waals surface area contributed by atoms with Gasteiger partial charge in [0.1, 0.15) is 17.1 Å². The van der Waals surface area contributed by atoms with E-state index in [1.54, 1.807) is 25.3 Å². The molecular weight excluding hydrogens is 599 g/mol. The van der Waals surface area contributed by atoms with Gasteiger partial charge in [0, 0.05) is 44.1 Å². The van der Waals surface area contributed by atoms with Crippen LogP contribution in [0, 0.1) is 0 Å². The number of piperazine rings is 1. The van der Waals surface area contributed by atoms with Crippen molar-refractivity contribution in [3.63, 3.8) is 0 Å². The van der Waals surface area contributed by atoms with E-state index < -0.39 is 5.91 Å². The summed E-state index contributed by atoms with van der Waals surface area (Å²) in [6.45, 7) is 3.81. The number of nitrogens with one attached hydrogen (secondary N) is 2. The number of halogens is 2. The van der Waals surface area contributed by atoms with Gasteiger partial charge < -0.3 is 29.9 Å². The second-order valence-electron chi connectivity index (χ2n) is 10.4. The lowest BCUT2D eigenvalue weighted by molar-refractivity contribution is 0.102. The number of hydrogen-bond acceptors (Lipinski definition) is 8. The molecule has 2 heterocycles. The Morgan fingerprint density at radius 1 is 0.886 bits per heavy atom. The molecule has 0 atom stereocenters. The summed E-state index contributed by atoms with van der Waals surface area (Å²) < 4.78 is 11.9. The number of anilines is 4. The Labute approximate surface area is 265 Å². The number of carbonyl (C=O) groups excluding carboxylic acids is 1. The van der Waals surface area contributed by atoms with Crippen LogP contribution in [-0.4, -0.2) is 61.1 Å². The van der Waals surface area contributed by atoms with E-state index in [1.165, 1.54) is 6.20 Å². The van der Waals surface area contributed by atoms with Crippen LogP contribution < -0.4 is 25.0 Å². The third-order valence-corrected chi connectivity index (χ3v) is 8.04. The predicted octanol–water partition coefficient (Wildman–Crippen LogP) is 7.49. The maximum Gasteiger partial charge on any atom is 0.262 e. The standard InChI is InChI=1S/C33H30Cl2N6O3/c1-40-14-16-41(17-15-40)28-13-11-23(19-29(28)43-2)37-33-36-20-25(31(42)38-30-26(34)8-5-9-27(30)35)32(39-33)44-24-12-10-21-6-3-4-7-22(21)18-24/h3-13,18-20H,14-17H2,1-2H3,(H,38,42)(H,36,37,39). The van der Waals surface area contributed by atoms with Crippen molar-refractivity contribution in [2.45, 2.75) is 0 Å². The Morgan fingerprint density at radius 2 is 1.64 bits per heavy atom. The Hall–Kier alpha value is -4.57. The summed E-state index contributed by atoms with van der Waals surface area (Å²) in [5.41, 5.74) is 2.13. The molecule has 5 aromatic rings. The first-order chi connectivity index (χ1) is 21.4. The van der Waals surface area contributed by atoms with Crippen molar-refractivity contribution in [3.05, 3.63) is 101 Å². The van der Waals surface area contributed by atoms with E-state index in [9.17, 15) is 4.79 Å². The van der Waals surface area contributed by atoms with Gasteiger partial charge in [-0.15, -0.1) is 0 Å². The first-order valence-corrected chi connectivity index (χ1v) is 14.8. The molecule has 0 saturated carbocycles. The summed E-state index contributed by atoms with van der Waals surface area (Å²) in [7, 11) is 3.78. The first kappa shape index (κ1) is 29.5. The van der Waals surface area contributed by atoms with Crippen LogP contribution in [0.15, 0.2) is 85.1 Å². The molecule has 0 unspecified atom stereocenters. The number of hydrogen-bond donors (Lipinski definition) is 2. The van der Waals surface area contributed by atoms with Gasteiger partial charge in [0.05, 0.1) is 28.5 Å². The van der Waals surface area contributed by atoms with Crippen LogP contribution in [0.4, 0.5) is 23.0 Å². The van der Waals surface area contributed by atoms with Gasteiger partial charge in [-0.1, -0.05) is 59.6 Å². The average Bonchev–Trinajstić information content (AvgIpc) is 3.03. The second kappa shape index (κ2) is 13.0. The van der Waals surface area contributed by atoms with E-state index in [0.29, 0.717) is 15.8 Å². The van der Waals surface area contributed by atoms with E-state index in [-0.39, 0.29) is 23.1 Å². The van der Waals surface area contributed by atoms with Crippen molar-refractivity contribution in [1.29, 1.82) is 0 Å². The quantitative estimate of drug-likeness (QED) is 0.183. The molecule has 9 nitrogen and oxygen atoms in total. The van der Waals surface area contributed by atoms with Crippen molar-refractivity contribution >= 4 is 62.9 Å². The van der Waals surface area contributed by atoms with Crippen molar-refractivity contribution in [1.82, 2.24) is 14.9 Å². The molecule has 4 aromatic carbocycles. The molecule has 44 heavy (non-hydrogen) atoms. The summed E-state index contributed by atoms with van der Waals surface area (Å²) in [5, 5.41) is 8.64. The highest BCUT2D eigenvalue weighted by Gasteiger charge is 2.21. The minimum atomic E-state index is -0.527. The summed E-state index contributed by atoms with van der Waals surface area (Å²) >= 11 is 12.6. The molecule has 1 aliphatic heterocycles. The third-order valence-electron chi connectivity index (χ3n) is 7.41. The van der Waals surface area contributed by atoms with Gasteiger partial charge in [-0.05, 0) is 54.2 Å². The van der Waals surface area contributed by atoms with Gasteiger partial charge in [0.15, 0.2) is 0 Å². The van der Waals surface area contributed by atoms with E-state index in [2.05, 4.69) is 37.4 Å². The van der Waals surface area contributed by atoms with Crippen molar-refractivity contribution in [3.8, 4) is 17.4 Å². The Kier molecular flexibility index (Phi) is 8.70. The topological polar surface area (TPSA) is 91.8 Å². The number of methoxy groups -OCH3 is 1. The highest BCUT2D eigenvalue weighted by molar-refractivity contribution is 6.40. The number of carbonyl (C=O) groups is 1. The zero-order chi connectivity index (χ0) is 30.6. The monoisotopic (exact) mass is 628 g/mol. The molecule has 1 amide bonds. The average molecular weight is 630 g/mol. The fourth-order valence-electron chi connectivity index (χ4n) is 4.99. The zero-order valence-corrected chi connectivity index (χ0v) is 25.7. The Balaban J connectivity index is 1.31. The van der Waals surface area contributed by atoms with Crippen LogP contribution in [0.25, 0.3) is 10.8 Å². The minimum Gasteiger partial charge on any atom is -0.495 e. The van der Waals surface area contributed by atoms with Crippen LogP contribution >= 0.6 is 23.2 Å². The lowest BCUT2D eigenvalue weighted by Gasteiger charge is -2.34. The molecular formula is C33H30Cl2N6O3. The van der Waals surface area contributed by atoms with Gasteiger partial charge in [0.2, 0.25) is 11.8 Å². The van der Waals surface area contributed by atoms with Crippen LogP contribution in [0.2, 0.25) is 10.0 Å². The molecule has 224 valence electrons. The van der Waals surface area contributed by atoms with Crippen molar-refractivity contribution in [2.75, 3.05) is 55.9 Å². The SMILES string of the molecule is COc1cc(Nc2ncc(C(=O)Nc3c(Cl)cccc3Cl)c(Oc3ccc4ccccc4c3)n2)ccc1N1CCN(C)CC1. The molecule has 1 saturated heterocycles. The van der Waals surface area contributed by atoms with Gasteiger partial charge in [-0.2, -0.15) is 4.98 Å². The molecule has 0 radical (unpaired) electrons. The molecule has 1 aliphatic rings. The Bertz CT molecular complexity index is 1810. The summed E-state index contributed by atoms with van der Waals surface area (Å²) in [6.07, 6.45) is 1.40. The molecule has 2 N–H and O–H groups in total. The van der Waals surface area contributed by atoms with Gasteiger partial charge in [-0.25, -0.2) is 4.98 Å². The number of aromatic nitrogens is 2. The normalized spacial score (nSPS) is 13.5. The maximum atomic E-state index is 13.5. The summed E-state index contributed by atoms with van der Waals surface area (Å²) in [4.78, 5) is 27.1. The minimum absolute atomic E-state index is 0.0551.